The molecule has 38 heavy (non-hydrogen) atoms. The quantitative estimate of drug-likeness (QED) is 0.289. The molecule has 0 aromatic rings. The van der Waals surface area contributed by atoms with Crippen LogP contribution >= 0.6 is 0 Å². The van der Waals surface area contributed by atoms with Gasteiger partial charge in [-0.3, -0.25) is 4.79 Å². The zero-order valence-electron chi connectivity index (χ0n) is 24.8. The van der Waals surface area contributed by atoms with E-state index in [2.05, 4.69) is 54.5 Å². The summed E-state index contributed by atoms with van der Waals surface area (Å²) < 4.78 is 18.1. The van der Waals surface area contributed by atoms with Crippen LogP contribution in [0.3, 0.4) is 0 Å². The molecule has 6 aliphatic rings. The van der Waals surface area contributed by atoms with Crippen molar-refractivity contribution in [3.63, 3.8) is 0 Å². The fourth-order valence-electron chi connectivity index (χ4n) is 11.0. The molecule has 6 nitrogen and oxygen atoms in total. The number of fused-ring (bicyclic) bond motifs is 5. The minimum Gasteiger partial charge on any atom is -0.436 e. The van der Waals surface area contributed by atoms with Crippen LogP contribution < -0.4 is 0 Å². The van der Waals surface area contributed by atoms with Crippen molar-refractivity contribution < 1.29 is 29.2 Å². The third-order valence-electron chi connectivity index (χ3n) is 13.1. The van der Waals surface area contributed by atoms with E-state index in [0.717, 1.165) is 44.9 Å². The molecule has 0 amide bonds. The van der Waals surface area contributed by atoms with Gasteiger partial charge in [0.1, 0.15) is 6.10 Å². The second kappa shape index (κ2) is 8.30. The number of aliphatic hydroxyl groups excluding tert-OH is 2. The van der Waals surface area contributed by atoms with Crippen LogP contribution in [0.5, 0.6) is 0 Å². The highest BCUT2D eigenvalue weighted by Crippen LogP contribution is 2.73. The van der Waals surface area contributed by atoms with Crippen LogP contribution in [0.15, 0.2) is 11.6 Å². The summed E-state index contributed by atoms with van der Waals surface area (Å²) in [5, 5.41) is 22.9. The Morgan fingerprint density at radius 1 is 0.974 bits per heavy atom. The predicted molar refractivity (Wildman–Crippen MR) is 144 cm³/mol. The normalized spacial score (nSPS) is 54.4. The number of hydrogen-bond acceptors (Lipinski definition) is 6. The molecule has 5 fully saturated rings. The minimum atomic E-state index is -0.545. The summed E-state index contributed by atoms with van der Waals surface area (Å²) >= 11 is 0. The average molecular weight is 531 g/mol. The Labute approximate surface area is 228 Å². The molecule has 6 rings (SSSR count). The van der Waals surface area contributed by atoms with E-state index in [1.54, 1.807) is 0 Å². The minimum absolute atomic E-state index is 0.0440. The van der Waals surface area contributed by atoms with E-state index in [1.807, 2.05) is 0 Å². The van der Waals surface area contributed by atoms with E-state index in [4.69, 9.17) is 14.2 Å². The molecule has 0 unspecified atom stereocenters. The number of allylic oxidation sites excluding steroid dienone is 1. The van der Waals surface area contributed by atoms with Gasteiger partial charge in [-0.05, 0) is 92.8 Å². The Morgan fingerprint density at radius 2 is 1.66 bits per heavy atom. The molecule has 12 atom stereocenters. The summed E-state index contributed by atoms with van der Waals surface area (Å²) in [5.74, 6) is 0.788. The maximum Gasteiger partial charge on any atom is 0.304 e. The highest BCUT2D eigenvalue weighted by molar-refractivity contribution is 5.66. The van der Waals surface area contributed by atoms with Gasteiger partial charge in [-0.1, -0.05) is 46.3 Å². The monoisotopic (exact) mass is 530 g/mol. The number of carbonyl (C=O) groups is 1. The lowest BCUT2D eigenvalue weighted by atomic mass is 9.37. The van der Waals surface area contributed by atoms with Crippen molar-refractivity contribution in [1.82, 2.24) is 0 Å². The van der Waals surface area contributed by atoms with Gasteiger partial charge in [-0.25, -0.2) is 0 Å². The van der Waals surface area contributed by atoms with Crippen LogP contribution in [0.2, 0.25) is 0 Å². The molecular formula is C32H50O6. The molecule has 0 aromatic carbocycles. The first kappa shape index (κ1) is 27.2. The van der Waals surface area contributed by atoms with Gasteiger partial charge < -0.3 is 24.4 Å². The summed E-state index contributed by atoms with van der Waals surface area (Å²) in [6.45, 7) is 17.3. The molecule has 0 radical (unpaired) electrons. The van der Waals surface area contributed by atoms with Gasteiger partial charge in [0, 0.05) is 18.3 Å². The number of ether oxygens (including phenoxy) is 3. The molecule has 2 N–H and O–H groups in total. The summed E-state index contributed by atoms with van der Waals surface area (Å²) in [6, 6.07) is 0. The fourth-order valence-corrected chi connectivity index (χ4v) is 11.0. The SMILES string of the molecule is CC(=O)O[C@H]1O[C@@H]([C@@H]2OC2(C)C)C[C@H]1[C@@H]1CC=C2[C@]3(C)[C@H](O)C[C@H]4C(C)(C)[C@H](O)CC[C@]4(C)[C@H]3CC[C@]21C. The molecule has 214 valence electrons. The van der Waals surface area contributed by atoms with Crippen molar-refractivity contribution in [2.24, 2.45) is 45.3 Å². The largest absolute Gasteiger partial charge is 0.436 e. The van der Waals surface area contributed by atoms with Crippen molar-refractivity contribution in [1.29, 1.82) is 0 Å². The van der Waals surface area contributed by atoms with E-state index in [1.165, 1.54) is 12.5 Å². The van der Waals surface area contributed by atoms with Gasteiger partial charge in [0.15, 0.2) is 0 Å². The first-order valence-electron chi connectivity index (χ1n) is 15.1. The fraction of sp³-hybridized carbons (Fsp3) is 0.906. The van der Waals surface area contributed by atoms with Crippen molar-refractivity contribution >= 4 is 5.97 Å². The van der Waals surface area contributed by atoms with Crippen molar-refractivity contribution in [3.05, 3.63) is 11.6 Å². The highest BCUT2D eigenvalue weighted by Gasteiger charge is 2.69. The summed E-state index contributed by atoms with van der Waals surface area (Å²) in [6.07, 6.45) is 7.65. The molecular weight excluding hydrogens is 480 g/mol. The third-order valence-corrected chi connectivity index (χ3v) is 13.1. The summed E-state index contributed by atoms with van der Waals surface area (Å²) in [5.41, 5.74) is 0.773. The summed E-state index contributed by atoms with van der Waals surface area (Å²) in [4.78, 5) is 12.1. The van der Waals surface area contributed by atoms with E-state index in [9.17, 15) is 15.0 Å². The first-order valence-corrected chi connectivity index (χ1v) is 15.1. The number of aliphatic hydroxyl groups is 2. The van der Waals surface area contributed by atoms with Crippen LogP contribution in [0.1, 0.15) is 100 Å². The lowest BCUT2D eigenvalue weighted by Gasteiger charge is -2.68. The Hall–Kier alpha value is -0.950. The Morgan fingerprint density at radius 3 is 2.29 bits per heavy atom. The first-order chi connectivity index (χ1) is 17.6. The van der Waals surface area contributed by atoms with Gasteiger partial charge in [0.05, 0.1) is 23.9 Å². The number of epoxide rings is 1. The van der Waals surface area contributed by atoms with E-state index in [-0.39, 0.29) is 57.5 Å². The molecule has 4 aliphatic carbocycles. The number of hydrogen-bond donors (Lipinski definition) is 2. The lowest BCUT2D eigenvalue weighted by molar-refractivity contribution is -0.214. The van der Waals surface area contributed by atoms with Crippen molar-refractivity contribution in [2.45, 2.75) is 137 Å². The van der Waals surface area contributed by atoms with E-state index < -0.39 is 12.4 Å². The van der Waals surface area contributed by atoms with Crippen LogP contribution in [0.25, 0.3) is 0 Å². The standard InChI is InChI=1S/C32H50O6/c1-17(33)36-27-18(15-20(37-27)26-29(4,5)38-26)19-9-10-21-30(19,6)13-11-22-31(7)14-12-24(34)28(2,3)23(31)16-25(35)32(21,22)8/h10,18-20,22-27,34-35H,9,11-16H2,1-8H3/t18-,19-,20+,22+,23-,24+,25+,26-,27-,30-,31+,32-/m0/s1. The summed E-state index contributed by atoms with van der Waals surface area (Å²) in [7, 11) is 0. The van der Waals surface area contributed by atoms with E-state index in [0.29, 0.717) is 17.8 Å². The number of esters is 1. The molecule has 0 aromatic heterocycles. The Balaban J connectivity index is 1.31. The molecule has 2 aliphatic heterocycles. The smallest absolute Gasteiger partial charge is 0.304 e. The topological polar surface area (TPSA) is 88.5 Å². The molecule has 2 saturated heterocycles. The van der Waals surface area contributed by atoms with Crippen molar-refractivity contribution in [2.75, 3.05) is 0 Å². The van der Waals surface area contributed by atoms with Gasteiger partial charge in [0.2, 0.25) is 6.29 Å². The zero-order chi connectivity index (χ0) is 27.6. The second-order valence-corrected chi connectivity index (χ2v) is 15.6. The van der Waals surface area contributed by atoms with Crippen molar-refractivity contribution in [3.8, 4) is 0 Å². The predicted octanol–water partition coefficient (Wildman–Crippen LogP) is 5.40. The maximum atomic E-state index is 12.1. The van der Waals surface area contributed by atoms with Gasteiger partial charge in [-0.2, -0.15) is 0 Å². The molecule has 3 saturated carbocycles. The zero-order valence-corrected chi connectivity index (χ0v) is 24.8. The number of carbonyl (C=O) groups excluding carboxylic acids is 1. The molecule has 0 bridgehead atoms. The highest BCUT2D eigenvalue weighted by atomic mass is 16.7. The van der Waals surface area contributed by atoms with Crippen LogP contribution in [0, 0.1) is 45.3 Å². The molecule has 6 heteroatoms. The Bertz CT molecular complexity index is 1030. The third kappa shape index (κ3) is 3.55. The molecule has 0 spiro atoms. The Kier molecular flexibility index (Phi) is 5.95. The number of rotatable bonds is 3. The van der Waals surface area contributed by atoms with E-state index >= 15 is 0 Å². The average Bonchev–Trinajstić information content (AvgIpc) is 3.11. The van der Waals surface area contributed by atoms with Crippen LogP contribution in [-0.4, -0.2) is 52.5 Å². The molecule has 2 heterocycles. The van der Waals surface area contributed by atoms with Crippen LogP contribution in [0.4, 0.5) is 0 Å². The second-order valence-electron chi connectivity index (χ2n) is 15.6. The van der Waals surface area contributed by atoms with Gasteiger partial charge in [0.25, 0.3) is 0 Å². The maximum absolute atomic E-state index is 12.1. The van der Waals surface area contributed by atoms with Gasteiger partial charge in [-0.15, -0.1) is 0 Å². The lowest BCUT2D eigenvalue weighted by Crippen LogP contribution is -2.65. The van der Waals surface area contributed by atoms with Crippen LogP contribution in [-0.2, 0) is 19.0 Å². The van der Waals surface area contributed by atoms with Gasteiger partial charge >= 0.3 is 5.97 Å².